The van der Waals surface area contributed by atoms with Gasteiger partial charge < -0.3 is 4.74 Å². The van der Waals surface area contributed by atoms with E-state index in [9.17, 15) is 9.59 Å². The number of ether oxygens (including phenoxy) is 1. The van der Waals surface area contributed by atoms with Crippen molar-refractivity contribution in [3.63, 3.8) is 0 Å². The molecule has 4 nitrogen and oxygen atoms in total. The first-order chi connectivity index (χ1) is 5.44. The molecule has 0 radical (unpaired) electrons. The van der Waals surface area contributed by atoms with Crippen molar-refractivity contribution in [1.82, 2.24) is 5.32 Å². The highest BCUT2D eigenvalue weighted by Crippen LogP contribution is 2.19. The number of methoxy groups -OCH3 is 1. The second kappa shape index (κ2) is 4.09. The summed E-state index contributed by atoms with van der Waals surface area (Å²) in [6.07, 6.45) is -0.0305. The third-order valence-electron chi connectivity index (χ3n) is 1.90. The van der Waals surface area contributed by atoms with Crippen LogP contribution in [0.1, 0.15) is 27.2 Å². The average Bonchev–Trinajstić information content (AvgIpc) is 2.04. The molecule has 0 saturated carbocycles. The lowest BCUT2D eigenvalue weighted by Crippen LogP contribution is -2.40. The summed E-state index contributed by atoms with van der Waals surface area (Å²) in [6.45, 7) is 5.42. The van der Waals surface area contributed by atoms with Crippen LogP contribution in [0.3, 0.4) is 0 Å². The quantitative estimate of drug-likeness (QED) is 0.684. The molecule has 2 amide bonds. The van der Waals surface area contributed by atoms with Crippen LogP contribution in [0, 0.1) is 5.41 Å². The van der Waals surface area contributed by atoms with Crippen LogP contribution in [0.25, 0.3) is 0 Å². The Labute approximate surface area is 72.3 Å². The topological polar surface area (TPSA) is 55.4 Å². The van der Waals surface area contributed by atoms with Gasteiger partial charge in [-0.3, -0.25) is 10.1 Å². The Kier molecular flexibility index (Phi) is 3.73. The van der Waals surface area contributed by atoms with Crippen molar-refractivity contribution in [2.75, 3.05) is 7.11 Å². The Hall–Kier alpha value is -1.06. The van der Waals surface area contributed by atoms with E-state index >= 15 is 0 Å². The number of carbonyl (C=O) groups is 2. The summed E-state index contributed by atoms with van der Waals surface area (Å²) < 4.78 is 4.29. The van der Waals surface area contributed by atoms with Crippen LogP contribution in [-0.2, 0) is 9.53 Å². The van der Waals surface area contributed by atoms with E-state index in [1.165, 1.54) is 7.11 Å². The Morgan fingerprint density at radius 1 is 1.42 bits per heavy atom. The highest BCUT2D eigenvalue weighted by atomic mass is 16.5. The molecule has 0 aliphatic rings. The van der Waals surface area contributed by atoms with Gasteiger partial charge in [-0.2, -0.15) is 0 Å². The van der Waals surface area contributed by atoms with E-state index in [1.807, 2.05) is 6.92 Å². The van der Waals surface area contributed by atoms with Crippen molar-refractivity contribution in [1.29, 1.82) is 0 Å². The number of amides is 2. The lowest BCUT2D eigenvalue weighted by Gasteiger charge is -2.19. The van der Waals surface area contributed by atoms with Gasteiger partial charge in [-0.1, -0.05) is 20.8 Å². The number of hydrogen-bond donors (Lipinski definition) is 1. The van der Waals surface area contributed by atoms with E-state index in [4.69, 9.17) is 0 Å². The van der Waals surface area contributed by atoms with Gasteiger partial charge in [0.2, 0.25) is 5.91 Å². The van der Waals surface area contributed by atoms with Gasteiger partial charge in [0, 0.05) is 5.41 Å². The van der Waals surface area contributed by atoms with Crippen LogP contribution in [0.5, 0.6) is 0 Å². The molecule has 0 saturated heterocycles. The zero-order chi connectivity index (χ0) is 9.78. The van der Waals surface area contributed by atoms with Crippen LogP contribution >= 0.6 is 0 Å². The lowest BCUT2D eigenvalue weighted by molar-refractivity contribution is -0.128. The molecular formula is C8H15NO3. The van der Waals surface area contributed by atoms with Crippen LogP contribution in [0.4, 0.5) is 4.79 Å². The number of nitrogens with one attached hydrogen (secondary N) is 1. The molecule has 0 atom stereocenters. The molecule has 0 unspecified atom stereocenters. The molecule has 0 fully saturated rings. The molecule has 0 heterocycles. The summed E-state index contributed by atoms with van der Waals surface area (Å²) in [5.41, 5.74) is -0.520. The molecule has 0 aromatic heterocycles. The summed E-state index contributed by atoms with van der Waals surface area (Å²) in [6, 6.07) is 0. The minimum Gasteiger partial charge on any atom is -0.453 e. The fourth-order valence-corrected chi connectivity index (χ4v) is 0.473. The third-order valence-corrected chi connectivity index (χ3v) is 1.90. The molecule has 0 bridgehead atoms. The summed E-state index contributed by atoms with van der Waals surface area (Å²) in [5.74, 6) is -0.308. The number of carbonyl (C=O) groups excluding carboxylic acids is 2. The summed E-state index contributed by atoms with van der Waals surface area (Å²) in [5, 5.41) is 2.12. The Bertz CT molecular complexity index is 187. The summed E-state index contributed by atoms with van der Waals surface area (Å²) in [4.78, 5) is 21.9. The Morgan fingerprint density at radius 2 is 1.92 bits per heavy atom. The highest BCUT2D eigenvalue weighted by molar-refractivity contribution is 5.94. The van der Waals surface area contributed by atoms with Gasteiger partial charge in [0.1, 0.15) is 0 Å². The molecule has 0 spiro atoms. The van der Waals surface area contributed by atoms with Crippen LogP contribution in [0.15, 0.2) is 0 Å². The molecule has 1 N–H and O–H groups in total. The summed E-state index contributed by atoms with van der Waals surface area (Å²) in [7, 11) is 1.22. The van der Waals surface area contributed by atoms with Gasteiger partial charge in [0.05, 0.1) is 7.11 Å². The molecule has 70 valence electrons. The molecule has 0 aromatic carbocycles. The smallest absolute Gasteiger partial charge is 0.413 e. The van der Waals surface area contributed by atoms with Crippen molar-refractivity contribution >= 4 is 12.0 Å². The van der Waals surface area contributed by atoms with E-state index in [2.05, 4.69) is 10.1 Å². The van der Waals surface area contributed by atoms with Gasteiger partial charge in [0.15, 0.2) is 0 Å². The van der Waals surface area contributed by atoms with Crippen molar-refractivity contribution in [2.45, 2.75) is 27.2 Å². The largest absolute Gasteiger partial charge is 0.453 e. The third kappa shape index (κ3) is 2.90. The van der Waals surface area contributed by atoms with E-state index in [1.54, 1.807) is 13.8 Å². The molecule has 0 aliphatic carbocycles. The molecule has 0 aromatic rings. The maximum Gasteiger partial charge on any atom is 0.413 e. The first-order valence-corrected chi connectivity index (χ1v) is 3.83. The molecule has 12 heavy (non-hydrogen) atoms. The number of rotatable bonds is 2. The Balaban J connectivity index is 4.13. The second-order valence-corrected chi connectivity index (χ2v) is 3.18. The van der Waals surface area contributed by atoms with E-state index < -0.39 is 11.5 Å². The normalized spacial score (nSPS) is 10.7. The molecule has 0 rings (SSSR count). The second-order valence-electron chi connectivity index (χ2n) is 3.18. The van der Waals surface area contributed by atoms with Crippen molar-refractivity contribution < 1.29 is 14.3 Å². The lowest BCUT2D eigenvalue weighted by atomic mass is 9.89. The Morgan fingerprint density at radius 3 is 2.25 bits per heavy atom. The van der Waals surface area contributed by atoms with Crippen LogP contribution in [0.2, 0.25) is 0 Å². The van der Waals surface area contributed by atoms with E-state index in [-0.39, 0.29) is 5.91 Å². The molecule has 0 aliphatic heterocycles. The minimum absolute atomic E-state index is 0.308. The van der Waals surface area contributed by atoms with Crippen molar-refractivity contribution in [2.24, 2.45) is 5.41 Å². The van der Waals surface area contributed by atoms with E-state index in [0.29, 0.717) is 6.42 Å². The predicted octanol–water partition coefficient (Wildman–Crippen LogP) is 1.31. The fraction of sp³-hybridized carbons (Fsp3) is 0.750. The minimum atomic E-state index is -0.707. The number of imide groups is 1. The number of hydrogen-bond acceptors (Lipinski definition) is 3. The van der Waals surface area contributed by atoms with Gasteiger partial charge in [-0.05, 0) is 6.42 Å². The average molecular weight is 173 g/mol. The highest BCUT2D eigenvalue weighted by Gasteiger charge is 2.26. The van der Waals surface area contributed by atoms with Gasteiger partial charge in [-0.15, -0.1) is 0 Å². The first kappa shape index (κ1) is 10.9. The molecule has 4 heteroatoms. The standard InChI is InChI=1S/C8H15NO3/c1-5-8(2,3)6(10)9-7(11)12-4/h5H2,1-4H3,(H,9,10,11). The zero-order valence-corrected chi connectivity index (χ0v) is 7.93. The monoisotopic (exact) mass is 173 g/mol. The zero-order valence-electron chi connectivity index (χ0n) is 7.93. The fourth-order valence-electron chi connectivity index (χ4n) is 0.473. The van der Waals surface area contributed by atoms with Crippen LogP contribution in [-0.4, -0.2) is 19.1 Å². The van der Waals surface area contributed by atoms with Crippen molar-refractivity contribution in [3.8, 4) is 0 Å². The van der Waals surface area contributed by atoms with Crippen LogP contribution < -0.4 is 5.32 Å². The van der Waals surface area contributed by atoms with Crippen molar-refractivity contribution in [3.05, 3.63) is 0 Å². The summed E-state index contributed by atoms with van der Waals surface area (Å²) >= 11 is 0. The maximum absolute atomic E-state index is 11.3. The van der Waals surface area contributed by atoms with Gasteiger partial charge >= 0.3 is 6.09 Å². The molecular weight excluding hydrogens is 158 g/mol. The maximum atomic E-state index is 11.3. The van der Waals surface area contributed by atoms with Gasteiger partial charge in [-0.25, -0.2) is 4.79 Å². The first-order valence-electron chi connectivity index (χ1n) is 3.83. The predicted molar refractivity (Wildman–Crippen MR) is 44.6 cm³/mol. The SMILES string of the molecule is CCC(C)(C)C(=O)NC(=O)OC. The van der Waals surface area contributed by atoms with Gasteiger partial charge in [0.25, 0.3) is 0 Å². The number of alkyl carbamates (subject to hydrolysis) is 1. The van der Waals surface area contributed by atoms with E-state index in [0.717, 1.165) is 0 Å².